The maximum Gasteiger partial charge on any atom is 0.0709 e. The molecule has 3 aromatic rings. The van der Waals surface area contributed by atoms with Crippen LogP contribution < -0.4 is 0 Å². The zero-order chi connectivity index (χ0) is 16.1. The number of hydrogen-bond acceptors (Lipinski definition) is 1. The highest BCUT2D eigenvalue weighted by molar-refractivity contribution is 7.85. The maximum atomic E-state index is 13.3. The molecule has 1 nitrogen and oxygen atoms in total. The van der Waals surface area contributed by atoms with Gasteiger partial charge in [0.05, 0.1) is 16.0 Å². The van der Waals surface area contributed by atoms with Crippen LogP contribution in [0.15, 0.2) is 95.9 Å². The van der Waals surface area contributed by atoms with Gasteiger partial charge in [0.15, 0.2) is 0 Å². The summed E-state index contributed by atoms with van der Waals surface area (Å²) >= 11 is 0. The van der Waals surface area contributed by atoms with Crippen molar-refractivity contribution in [1.82, 2.24) is 0 Å². The third-order valence-corrected chi connectivity index (χ3v) is 5.99. The predicted molar refractivity (Wildman–Crippen MR) is 96.9 cm³/mol. The summed E-state index contributed by atoms with van der Waals surface area (Å²) < 4.78 is 13.3. The standard InChI is InChI=1S/C21H20OS/c1-17(18-11-5-2-6-12-18)21(19-13-7-3-8-14-19)23(22)20-15-9-4-10-16-20/h2-17,21H,1H3/t17-,21-,23-/m0/s1. The summed E-state index contributed by atoms with van der Waals surface area (Å²) in [6.45, 7) is 2.16. The molecule has 0 heterocycles. The molecule has 0 saturated carbocycles. The summed E-state index contributed by atoms with van der Waals surface area (Å²) in [5.41, 5.74) is 2.33. The van der Waals surface area contributed by atoms with Gasteiger partial charge in [-0.05, 0) is 29.2 Å². The summed E-state index contributed by atoms with van der Waals surface area (Å²) in [6.07, 6.45) is 0. The van der Waals surface area contributed by atoms with Crippen LogP contribution in [-0.2, 0) is 10.8 Å². The summed E-state index contributed by atoms with van der Waals surface area (Å²) in [5.74, 6) is 0.166. The van der Waals surface area contributed by atoms with Crippen molar-refractivity contribution in [3.8, 4) is 0 Å². The van der Waals surface area contributed by atoms with Crippen LogP contribution in [0.1, 0.15) is 29.2 Å². The molecule has 3 rings (SSSR count). The fraction of sp³-hybridized carbons (Fsp3) is 0.143. The van der Waals surface area contributed by atoms with Crippen molar-refractivity contribution in [3.05, 3.63) is 102 Å². The Kier molecular flexibility index (Phi) is 5.04. The number of benzene rings is 3. The lowest BCUT2D eigenvalue weighted by atomic mass is 9.93. The molecule has 0 saturated heterocycles. The SMILES string of the molecule is C[C@@H](c1ccccc1)[C@@H](c1ccccc1)[S@@](=O)c1ccccc1. The molecule has 0 fully saturated rings. The Labute approximate surface area is 140 Å². The van der Waals surface area contributed by atoms with Gasteiger partial charge in [0.1, 0.15) is 0 Å². The Morgan fingerprint density at radius 1 is 0.652 bits per heavy atom. The second-order valence-electron chi connectivity index (χ2n) is 5.64. The van der Waals surface area contributed by atoms with Crippen LogP contribution in [0.3, 0.4) is 0 Å². The van der Waals surface area contributed by atoms with Crippen molar-refractivity contribution in [2.45, 2.75) is 23.0 Å². The summed E-state index contributed by atoms with van der Waals surface area (Å²) in [7, 11) is -1.10. The molecule has 0 unspecified atom stereocenters. The highest BCUT2D eigenvalue weighted by Crippen LogP contribution is 2.37. The van der Waals surface area contributed by atoms with Crippen LogP contribution in [0.5, 0.6) is 0 Å². The highest BCUT2D eigenvalue weighted by atomic mass is 32.2. The zero-order valence-electron chi connectivity index (χ0n) is 13.1. The summed E-state index contributed by atoms with van der Waals surface area (Å²) in [6, 6.07) is 30.3. The number of rotatable bonds is 5. The fourth-order valence-corrected chi connectivity index (χ4v) is 4.52. The number of hydrogen-bond donors (Lipinski definition) is 0. The van der Waals surface area contributed by atoms with Gasteiger partial charge in [-0.3, -0.25) is 4.21 Å². The molecule has 3 aromatic carbocycles. The van der Waals surface area contributed by atoms with Gasteiger partial charge in [0, 0.05) is 4.90 Å². The first-order chi connectivity index (χ1) is 11.3. The molecule has 3 atom stereocenters. The first kappa shape index (κ1) is 15.7. The van der Waals surface area contributed by atoms with Crippen molar-refractivity contribution >= 4 is 10.8 Å². The zero-order valence-corrected chi connectivity index (χ0v) is 13.9. The molecular formula is C21H20OS. The minimum Gasteiger partial charge on any atom is -0.254 e. The molecule has 0 aliphatic carbocycles. The monoisotopic (exact) mass is 320 g/mol. The van der Waals surface area contributed by atoms with E-state index in [1.54, 1.807) is 0 Å². The minimum atomic E-state index is -1.10. The first-order valence-corrected chi connectivity index (χ1v) is 9.04. The van der Waals surface area contributed by atoms with Crippen LogP contribution >= 0.6 is 0 Å². The van der Waals surface area contributed by atoms with Gasteiger partial charge in [-0.25, -0.2) is 0 Å². The Bertz CT molecular complexity index is 754. The molecule has 116 valence electrons. The topological polar surface area (TPSA) is 17.1 Å². The normalized spacial score (nSPS) is 14.8. The Morgan fingerprint density at radius 2 is 1.09 bits per heavy atom. The van der Waals surface area contributed by atoms with E-state index < -0.39 is 10.8 Å². The fourth-order valence-electron chi connectivity index (χ4n) is 2.87. The molecule has 0 aromatic heterocycles. The molecule has 0 spiro atoms. The first-order valence-electron chi connectivity index (χ1n) is 7.83. The van der Waals surface area contributed by atoms with E-state index in [4.69, 9.17) is 0 Å². The third-order valence-electron chi connectivity index (χ3n) is 4.11. The Hall–Kier alpha value is -2.19. The van der Waals surface area contributed by atoms with Gasteiger partial charge in [0.2, 0.25) is 0 Å². The van der Waals surface area contributed by atoms with Crippen LogP contribution in [0.4, 0.5) is 0 Å². The summed E-state index contributed by atoms with van der Waals surface area (Å²) in [5, 5.41) is -0.0685. The molecule has 0 amide bonds. The lowest BCUT2D eigenvalue weighted by Gasteiger charge is -2.24. The van der Waals surface area contributed by atoms with Crippen LogP contribution in [0.2, 0.25) is 0 Å². The summed E-state index contributed by atoms with van der Waals surface area (Å²) in [4.78, 5) is 0.879. The van der Waals surface area contributed by atoms with E-state index in [0.29, 0.717) is 0 Å². The van der Waals surface area contributed by atoms with Crippen molar-refractivity contribution in [2.24, 2.45) is 0 Å². The second kappa shape index (κ2) is 7.38. The van der Waals surface area contributed by atoms with Gasteiger partial charge in [-0.2, -0.15) is 0 Å². The van der Waals surface area contributed by atoms with E-state index in [1.807, 2.05) is 66.7 Å². The van der Waals surface area contributed by atoms with Gasteiger partial charge in [0.25, 0.3) is 0 Å². The van der Waals surface area contributed by atoms with E-state index in [2.05, 4.69) is 31.2 Å². The molecule has 0 N–H and O–H groups in total. The maximum absolute atomic E-state index is 13.3. The van der Waals surface area contributed by atoms with E-state index in [-0.39, 0.29) is 11.2 Å². The highest BCUT2D eigenvalue weighted by Gasteiger charge is 2.27. The van der Waals surface area contributed by atoms with Crippen molar-refractivity contribution < 1.29 is 4.21 Å². The molecule has 23 heavy (non-hydrogen) atoms. The van der Waals surface area contributed by atoms with E-state index in [0.717, 1.165) is 10.5 Å². The molecule has 0 bridgehead atoms. The molecule has 0 radical (unpaired) electrons. The molecule has 0 aliphatic heterocycles. The smallest absolute Gasteiger partial charge is 0.0709 e. The van der Waals surface area contributed by atoms with Gasteiger partial charge in [-0.15, -0.1) is 0 Å². The van der Waals surface area contributed by atoms with Crippen LogP contribution in [0.25, 0.3) is 0 Å². The average molecular weight is 320 g/mol. The Balaban J connectivity index is 2.03. The van der Waals surface area contributed by atoms with Crippen molar-refractivity contribution in [2.75, 3.05) is 0 Å². The largest absolute Gasteiger partial charge is 0.254 e. The van der Waals surface area contributed by atoms with Gasteiger partial charge in [-0.1, -0.05) is 85.8 Å². The lowest BCUT2D eigenvalue weighted by molar-refractivity contribution is 0.649. The minimum absolute atomic E-state index is 0.0685. The molecule has 0 aliphatic rings. The van der Waals surface area contributed by atoms with E-state index in [1.165, 1.54) is 5.56 Å². The van der Waals surface area contributed by atoms with Gasteiger partial charge >= 0.3 is 0 Å². The van der Waals surface area contributed by atoms with Crippen molar-refractivity contribution in [3.63, 3.8) is 0 Å². The average Bonchev–Trinajstić information content (AvgIpc) is 2.64. The third kappa shape index (κ3) is 3.59. The molecule has 2 heteroatoms. The molecular weight excluding hydrogens is 300 g/mol. The van der Waals surface area contributed by atoms with E-state index in [9.17, 15) is 4.21 Å². The quantitative estimate of drug-likeness (QED) is 0.620. The predicted octanol–water partition coefficient (Wildman–Crippen LogP) is 5.34. The van der Waals surface area contributed by atoms with Gasteiger partial charge < -0.3 is 0 Å². The second-order valence-corrected chi connectivity index (χ2v) is 7.22. The lowest BCUT2D eigenvalue weighted by Crippen LogP contribution is -2.14. The Morgan fingerprint density at radius 3 is 1.61 bits per heavy atom. The van der Waals surface area contributed by atoms with Crippen LogP contribution in [-0.4, -0.2) is 4.21 Å². The van der Waals surface area contributed by atoms with E-state index >= 15 is 0 Å². The van der Waals surface area contributed by atoms with Crippen LogP contribution in [0, 0.1) is 0 Å². The van der Waals surface area contributed by atoms with Crippen molar-refractivity contribution in [1.29, 1.82) is 0 Å².